The van der Waals surface area contributed by atoms with E-state index in [0.717, 1.165) is 6.54 Å². The van der Waals surface area contributed by atoms with Gasteiger partial charge in [0.15, 0.2) is 0 Å². The Morgan fingerprint density at radius 1 is 1.36 bits per heavy atom. The molecular weight excluding hydrogens is 138 g/mol. The van der Waals surface area contributed by atoms with Crippen molar-refractivity contribution in [1.82, 2.24) is 4.90 Å². The molecule has 0 aromatic rings. The van der Waals surface area contributed by atoms with Crippen LogP contribution in [0.15, 0.2) is 0 Å². The number of hydrogen-bond acceptors (Lipinski definition) is 2. The van der Waals surface area contributed by atoms with Gasteiger partial charge in [-0.2, -0.15) is 0 Å². The predicted molar refractivity (Wildman–Crippen MR) is 44.6 cm³/mol. The fourth-order valence-electron chi connectivity index (χ4n) is 1.99. The highest BCUT2D eigenvalue weighted by Gasteiger charge is 2.35. The Kier molecular flexibility index (Phi) is 1.90. The van der Waals surface area contributed by atoms with Crippen molar-refractivity contribution in [1.29, 1.82) is 0 Å². The maximum Gasteiger partial charge on any atom is 0.0730 e. The van der Waals surface area contributed by atoms with Gasteiger partial charge in [0.2, 0.25) is 0 Å². The lowest BCUT2D eigenvalue weighted by molar-refractivity contribution is -0.116. The molecule has 2 atom stereocenters. The summed E-state index contributed by atoms with van der Waals surface area (Å²) in [5.41, 5.74) is 0. The normalized spacial score (nSPS) is 38.5. The molecule has 0 N–H and O–H groups in total. The molecule has 3 saturated heterocycles. The van der Waals surface area contributed by atoms with Crippen molar-refractivity contribution in [3.8, 4) is 0 Å². The number of rotatable bonds is 1. The van der Waals surface area contributed by atoms with Crippen molar-refractivity contribution in [3.63, 3.8) is 0 Å². The fraction of sp³-hybridized carbons (Fsp3) is 1.00. The van der Waals surface area contributed by atoms with Gasteiger partial charge in [-0.15, -0.1) is 0 Å². The molecule has 0 aromatic carbocycles. The van der Waals surface area contributed by atoms with Crippen molar-refractivity contribution >= 4 is 0 Å². The molecule has 2 heteroatoms. The zero-order valence-corrected chi connectivity index (χ0v) is 7.42. The lowest BCUT2D eigenvalue weighted by Gasteiger charge is -2.34. The zero-order chi connectivity index (χ0) is 7.84. The second kappa shape index (κ2) is 2.76. The number of hydrogen-bond donors (Lipinski definition) is 0. The maximum atomic E-state index is 5.64. The van der Waals surface area contributed by atoms with E-state index in [9.17, 15) is 0 Å². The van der Waals surface area contributed by atoms with E-state index in [2.05, 4.69) is 18.7 Å². The summed E-state index contributed by atoms with van der Waals surface area (Å²) in [6.07, 6.45) is 3.71. The van der Waals surface area contributed by atoms with Crippen LogP contribution in [0.3, 0.4) is 0 Å². The molecule has 11 heavy (non-hydrogen) atoms. The lowest BCUT2D eigenvalue weighted by atomic mass is 10.0. The van der Waals surface area contributed by atoms with Gasteiger partial charge in [-0.05, 0) is 20.3 Å². The summed E-state index contributed by atoms with van der Waals surface area (Å²) in [6.45, 7) is 6.93. The van der Waals surface area contributed by atoms with Crippen molar-refractivity contribution in [3.05, 3.63) is 0 Å². The fourth-order valence-corrected chi connectivity index (χ4v) is 1.99. The Bertz CT molecular complexity index is 140. The summed E-state index contributed by atoms with van der Waals surface area (Å²) in [7, 11) is 0. The molecule has 0 unspecified atom stereocenters. The smallest absolute Gasteiger partial charge is 0.0730 e. The standard InChI is InChI=1S/C9H17NO/c1-7(2)10-4-3-8-5-9(6-10)11-8/h7-9H,3-6H2,1-2H3/t8-,9-/m1/s1. The Labute approximate surface area is 68.5 Å². The third-order valence-corrected chi connectivity index (χ3v) is 2.82. The van der Waals surface area contributed by atoms with E-state index in [4.69, 9.17) is 4.74 Å². The van der Waals surface area contributed by atoms with E-state index in [1.165, 1.54) is 19.4 Å². The largest absolute Gasteiger partial charge is 0.373 e. The number of ether oxygens (including phenoxy) is 1. The maximum absolute atomic E-state index is 5.64. The molecule has 0 aromatic heterocycles. The Balaban J connectivity index is 1.92. The molecule has 3 aliphatic heterocycles. The van der Waals surface area contributed by atoms with Gasteiger partial charge < -0.3 is 4.74 Å². The van der Waals surface area contributed by atoms with E-state index in [1.54, 1.807) is 0 Å². The highest BCUT2D eigenvalue weighted by atomic mass is 16.5. The second-order valence-electron chi connectivity index (χ2n) is 3.99. The molecule has 3 aliphatic rings. The van der Waals surface area contributed by atoms with E-state index < -0.39 is 0 Å². The van der Waals surface area contributed by atoms with Crippen LogP contribution in [0.4, 0.5) is 0 Å². The van der Waals surface area contributed by atoms with E-state index in [-0.39, 0.29) is 0 Å². The van der Waals surface area contributed by atoms with Crippen LogP contribution in [0.5, 0.6) is 0 Å². The highest BCUT2D eigenvalue weighted by molar-refractivity contribution is 4.86. The second-order valence-corrected chi connectivity index (χ2v) is 3.99. The van der Waals surface area contributed by atoms with Crippen molar-refractivity contribution in [2.24, 2.45) is 0 Å². The molecule has 0 amide bonds. The molecular formula is C9H17NO. The molecule has 3 rings (SSSR count). The number of fused-ring (bicyclic) bond motifs is 3. The highest BCUT2D eigenvalue weighted by Crippen LogP contribution is 2.28. The molecule has 3 heterocycles. The molecule has 0 spiro atoms. The van der Waals surface area contributed by atoms with Gasteiger partial charge in [-0.3, -0.25) is 4.90 Å². The zero-order valence-electron chi connectivity index (χ0n) is 7.42. The van der Waals surface area contributed by atoms with Crippen LogP contribution in [0, 0.1) is 0 Å². The number of nitrogens with zero attached hydrogens (tertiary/aromatic N) is 1. The summed E-state index contributed by atoms with van der Waals surface area (Å²) in [5.74, 6) is 0. The first kappa shape index (κ1) is 7.56. The molecule has 2 bridgehead atoms. The van der Waals surface area contributed by atoms with Gasteiger partial charge in [0.25, 0.3) is 0 Å². The Hall–Kier alpha value is -0.0800. The van der Waals surface area contributed by atoms with Crippen LogP contribution in [0.2, 0.25) is 0 Å². The first-order valence-corrected chi connectivity index (χ1v) is 4.65. The third kappa shape index (κ3) is 1.42. The molecule has 2 nitrogen and oxygen atoms in total. The average Bonchev–Trinajstić information content (AvgIpc) is 2.13. The monoisotopic (exact) mass is 155 g/mol. The molecule has 0 saturated carbocycles. The minimum atomic E-state index is 0.560. The Morgan fingerprint density at radius 2 is 2.09 bits per heavy atom. The van der Waals surface area contributed by atoms with Crippen molar-refractivity contribution < 1.29 is 4.74 Å². The molecule has 64 valence electrons. The van der Waals surface area contributed by atoms with Gasteiger partial charge >= 0.3 is 0 Å². The Morgan fingerprint density at radius 3 is 2.73 bits per heavy atom. The van der Waals surface area contributed by atoms with Gasteiger partial charge in [0, 0.05) is 25.6 Å². The predicted octanol–water partition coefficient (Wildman–Crippen LogP) is 1.26. The van der Waals surface area contributed by atoms with E-state index >= 15 is 0 Å². The van der Waals surface area contributed by atoms with Gasteiger partial charge in [-0.25, -0.2) is 0 Å². The van der Waals surface area contributed by atoms with E-state index in [0.29, 0.717) is 18.2 Å². The first-order valence-electron chi connectivity index (χ1n) is 4.65. The van der Waals surface area contributed by atoms with Crippen LogP contribution in [0.1, 0.15) is 26.7 Å². The van der Waals surface area contributed by atoms with Gasteiger partial charge in [0.1, 0.15) is 0 Å². The van der Waals surface area contributed by atoms with Crippen LogP contribution in [-0.4, -0.2) is 36.2 Å². The van der Waals surface area contributed by atoms with Crippen LogP contribution < -0.4 is 0 Å². The van der Waals surface area contributed by atoms with Crippen molar-refractivity contribution in [2.75, 3.05) is 13.1 Å². The third-order valence-electron chi connectivity index (χ3n) is 2.82. The van der Waals surface area contributed by atoms with Crippen LogP contribution in [-0.2, 0) is 4.74 Å². The van der Waals surface area contributed by atoms with Crippen molar-refractivity contribution in [2.45, 2.75) is 44.9 Å². The summed E-state index contributed by atoms with van der Waals surface area (Å²) < 4.78 is 5.64. The van der Waals surface area contributed by atoms with Gasteiger partial charge in [-0.1, -0.05) is 0 Å². The quantitative estimate of drug-likeness (QED) is 0.565. The minimum absolute atomic E-state index is 0.560. The molecule has 3 fully saturated rings. The molecule has 0 aliphatic carbocycles. The SMILES string of the molecule is CC(C)N1CC[C@@H]2C[C@H](C1)O2. The van der Waals surface area contributed by atoms with Gasteiger partial charge in [0.05, 0.1) is 12.2 Å². The lowest BCUT2D eigenvalue weighted by Crippen LogP contribution is -2.41. The topological polar surface area (TPSA) is 12.5 Å². The average molecular weight is 155 g/mol. The van der Waals surface area contributed by atoms with Crippen LogP contribution in [0.25, 0.3) is 0 Å². The minimum Gasteiger partial charge on any atom is -0.373 e. The first-order chi connectivity index (χ1) is 5.25. The summed E-state index contributed by atoms with van der Waals surface area (Å²) in [6, 6.07) is 0.693. The van der Waals surface area contributed by atoms with Crippen LogP contribution >= 0.6 is 0 Å². The summed E-state index contributed by atoms with van der Waals surface area (Å²) in [5, 5.41) is 0. The summed E-state index contributed by atoms with van der Waals surface area (Å²) in [4.78, 5) is 2.53. The van der Waals surface area contributed by atoms with E-state index in [1.807, 2.05) is 0 Å². The summed E-state index contributed by atoms with van der Waals surface area (Å²) >= 11 is 0. The molecule has 0 radical (unpaired) electrons.